The van der Waals surface area contributed by atoms with Gasteiger partial charge in [0.15, 0.2) is 0 Å². The van der Waals surface area contributed by atoms with Crippen molar-refractivity contribution < 1.29 is 8.42 Å². The second-order valence-electron chi connectivity index (χ2n) is 2.95. The number of hydrogen-bond donors (Lipinski definition) is 1. The van der Waals surface area contributed by atoms with Gasteiger partial charge in [-0.2, -0.15) is 12.7 Å². The molecule has 0 bridgehead atoms. The van der Waals surface area contributed by atoms with Crippen LogP contribution in [0.1, 0.15) is 5.56 Å². The molecule has 5 heteroatoms. The highest BCUT2D eigenvalue weighted by atomic mass is 32.2. The molecular formula is C9H14N2O2S. The van der Waals surface area contributed by atoms with E-state index in [9.17, 15) is 8.42 Å². The molecule has 0 aromatic heterocycles. The highest BCUT2D eigenvalue weighted by Crippen LogP contribution is 2.04. The molecule has 0 radical (unpaired) electrons. The third-order valence-electron chi connectivity index (χ3n) is 1.92. The van der Waals surface area contributed by atoms with Crippen molar-refractivity contribution in [2.75, 3.05) is 14.1 Å². The molecule has 0 amide bonds. The summed E-state index contributed by atoms with van der Waals surface area (Å²) in [6, 6.07) is 9.45. The maximum absolute atomic E-state index is 11.3. The molecule has 0 fully saturated rings. The fourth-order valence-corrected chi connectivity index (χ4v) is 1.71. The molecular weight excluding hydrogens is 200 g/mol. The van der Waals surface area contributed by atoms with Gasteiger partial charge in [0.2, 0.25) is 0 Å². The maximum atomic E-state index is 11.3. The molecule has 0 aliphatic heterocycles. The van der Waals surface area contributed by atoms with E-state index in [-0.39, 0.29) is 0 Å². The fourth-order valence-electron chi connectivity index (χ4n) is 1.08. The van der Waals surface area contributed by atoms with Crippen LogP contribution in [0.3, 0.4) is 0 Å². The Hall–Kier alpha value is -0.910. The Kier molecular flexibility index (Phi) is 3.62. The first-order valence-electron chi connectivity index (χ1n) is 4.25. The summed E-state index contributed by atoms with van der Waals surface area (Å²) in [7, 11) is -0.373. The summed E-state index contributed by atoms with van der Waals surface area (Å²) in [6.07, 6.45) is 0. The average molecular weight is 214 g/mol. The first kappa shape index (κ1) is 11.2. The van der Waals surface area contributed by atoms with Crippen molar-refractivity contribution in [1.29, 1.82) is 0 Å². The minimum absolute atomic E-state index is 0.379. The molecule has 1 N–H and O–H groups in total. The summed E-state index contributed by atoms with van der Waals surface area (Å²) < 4.78 is 26.2. The topological polar surface area (TPSA) is 49.4 Å². The predicted molar refractivity (Wildman–Crippen MR) is 55.9 cm³/mol. The van der Waals surface area contributed by atoms with E-state index in [4.69, 9.17) is 0 Å². The molecule has 0 saturated carbocycles. The molecule has 1 aromatic carbocycles. The maximum Gasteiger partial charge on any atom is 0.279 e. The summed E-state index contributed by atoms with van der Waals surface area (Å²) >= 11 is 0. The Morgan fingerprint density at radius 2 is 1.86 bits per heavy atom. The van der Waals surface area contributed by atoms with Crippen LogP contribution in [0.5, 0.6) is 0 Å². The van der Waals surface area contributed by atoms with Gasteiger partial charge in [0.25, 0.3) is 10.2 Å². The van der Waals surface area contributed by atoms with Crippen molar-refractivity contribution >= 4 is 10.2 Å². The summed E-state index contributed by atoms with van der Waals surface area (Å²) in [5.41, 5.74) is 0.967. The first-order chi connectivity index (χ1) is 6.56. The molecule has 14 heavy (non-hydrogen) atoms. The van der Waals surface area contributed by atoms with Crippen molar-refractivity contribution in [2.45, 2.75) is 6.54 Å². The Morgan fingerprint density at radius 1 is 1.29 bits per heavy atom. The van der Waals surface area contributed by atoms with Gasteiger partial charge < -0.3 is 0 Å². The second-order valence-corrected chi connectivity index (χ2v) is 4.93. The van der Waals surface area contributed by atoms with Crippen LogP contribution in [0.25, 0.3) is 0 Å². The zero-order valence-corrected chi connectivity index (χ0v) is 9.08. The zero-order valence-electron chi connectivity index (χ0n) is 8.27. The lowest BCUT2D eigenvalue weighted by molar-refractivity contribution is 0.459. The van der Waals surface area contributed by atoms with Crippen molar-refractivity contribution in [1.82, 2.24) is 9.03 Å². The van der Waals surface area contributed by atoms with Gasteiger partial charge in [0.05, 0.1) is 0 Å². The number of nitrogens with one attached hydrogen (secondary N) is 1. The fraction of sp³-hybridized carbons (Fsp3) is 0.333. The van der Waals surface area contributed by atoms with E-state index in [0.29, 0.717) is 6.54 Å². The van der Waals surface area contributed by atoms with Crippen molar-refractivity contribution in [3.8, 4) is 0 Å². The zero-order chi connectivity index (χ0) is 10.6. The lowest BCUT2D eigenvalue weighted by atomic mass is 10.2. The van der Waals surface area contributed by atoms with E-state index in [0.717, 1.165) is 5.56 Å². The van der Waals surface area contributed by atoms with Gasteiger partial charge >= 0.3 is 0 Å². The van der Waals surface area contributed by atoms with E-state index in [1.165, 1.54) is 11.4 Å². The number of benzene rings is 1. The Bertz CT molecular complexity index is 375. The molecule has 0 atom stereocenters. The van der Waals surface area contributed by atoms with Crippen molar-refractivity contribution in [3.05, 3.63) is 35.9 Å². The Labute approximate surface area is 84.7 Å². The van der Waals surface area contributed by atoms with Gasteiger partial charge in [-0.25, -0.2) is 4.72 Å². The van der Waals surface area contributed by atoms with E-state index in [1.807, 2.05) is 30.3 Å². The van der Waals surface area contributed by atoms with Crippen LogP contribution in [0.2, 0.25) is 0 Å². The summed E-state index contributed by atoms with van der Waals surface area (Å²) in [5, 5.41) is 0. The van der Waals surface area contributed by atoms with Gasteiger partial charge in [-0.1, -0.05) is 30.3 Å². The third kappa shape index (κ3) is 2.80. The largest absolute Gasteiger partial charge is 0.279 e. The van der Waals surface area contributed by atoms with Crippen LogP contribution in [0.15, 0.2) is 30.3 Å². The Morgan fingerprint density at radius 3 is 2.36 bits per heavy atom. The minimum Gasteiger partial charge on any atom is -0.205 e. The van der Waals surface area contributed by atoms with Crippen LogP contribution in [-0.4, -0.2) is 26.8 Å². The second kappa shape index (κ2) is 4.54. The molecule has 0 saturated heterocycles. The minimum atomic E-state index is -3.31. The third-order valence-corrected chi connectivity index (χ3v) is 3.38. The lowest BCUT2D eigenvalue weighted by Gasteiger charge is -2.15. The standard InChI is InChI=1S/C9H14N2O2S/c1-10-14(12,13)11(2)8-9-6-4-3-5-7-9/h3-7,10H,8H2,1-2H3. The molecule has 4 nitrogen and oxygen atoms in total. The number of rotatable bonds is 4. The number of hydrogen-bond acceptors (Lipinski definition) is 2. The van der Waals surface area contributed by atoms with Crippen LogP contribution in [-0.2, 0) is 16.8 Å². The van der Waals surface area contributed by atoms with Gasteiger partial charge in [-0.3, -0.25) is 0 Å². The summed E-state index contributed by atoms with van der Waals surface area (Å²) in [5.74, 6) is 0. The number of nitrogens with zero attached hydrogens (tertiary/aromatic N) is 1. The normalized spacial score (nSPS) is 11.9. The SMILES string of the molecule is CNS(=O)(=O)N(C)Cc1ccccc1. The predicted octanol–water partition coefficient (Wildman–Crippen LogP) is 0.583. The molecule has 0 heterocycles. The van der Waals surface area contributed by atoms with Crippen molar-refractivity contribution in [3.63, 3.8) is 0 Å². The molecule has 0 spiro atoms. The highest BCUT2D eigenvalue weighted by molar-refractivity contribution is 7.87. The molecule has 0 aliphatic carbocycles. The van der Waals surface area contributed by atoms with Crippen LogP contribution < -0.4 is 4.72 Å². The smallest absolute Gasteiger partial charge is 0.205 e. The molecule has 0 unspecified atom stereocenters. The summed E-state index contributed by atoms with van der Waals surface area (Å²) in [6.45, 7) is 0.379. The molecule has 78 valence electrons. The van der Waals surface area contributed by atoms with Gasteiger partial charge in [0, 0.05) is 20.6 Å². The van der Waals surface area contributed by atoms with Gasteiger partial charge in [-0.05, 0) is 5.56 Å². The Balaban J connectivity index is 2.72. The van der Waals surface area contributed by atoms with E-state index < -0.39 is 10.2 Å². The molecule has 1 aromatic rings. The van der Waals surface area contributed by atoms with Crippen molar-refractivity contribution in [2.24, 2.45) is 0 Å². The van der Waals surface area contributed by atoms with E-state index in [2.05, 4.69) is 4.72 Å². The van der Waals surface area contributed by atoms with Crippen LogP contribution >= 0.6 is 0 Å². The highest BCUT2D eigenvalue weighted by Gasteiger charge is 2.14. The lowest BCUT2D eigenvalue weighted by Crippen LogP contribution is -2.35. The summed E-state index contributed by atoms with van der Waals surface area (Å²) in [4.78, 5) is 0. The molecule has 1 rings (SSSR count). The van der Waals surface area contributed by atoms with Crippen LogP contribution in [0, 0.1) is 0 Å². The van der Waals surface area contributed by atoms with E-state index >= 15 is 0 Å². The quantitative estimate of drug-likeness (QED) is 0.797. The van der Waals surface area contributed by atoms with E-state index in [1.54, 1.807) is 7.05 Å². The van der Waals surface area contributed by atoms with Gasteiger partial charge in [0.1, 0.15) is 0 Å². The first-order valence-corrected chi connectivity index (χ1v) is 5.69. The average Bonchev–Trinajstić information content (AvgIpc) is 2.19. The van der Waals surface area contributed by atoms with Crippen LogP contribution in [0.4, 0.5) is 0 Å². The molecule has 0 aliphatic rings. The van der Waals surface area contributed by atoms with Gasteiger partial charge in [-0.15, -0.1) is 0 Å². The monoisotopic (exact) mass is 214 g/mol.